The minimum absolute atomic E-state index is 0.127. The lowest BCUT2D eigenvalue weighted by Crippen LogP contribution is -2.23. The number of carbonyl (C=O) groups excluding carboxylic acids is 1. The first-order valence-corrected chi connectivity index (χ1v) is 7.19. The standard InChI is InChI=1S/C10H10BrN3O3S/c1-13-18(16,17)9-6-4-5(11)2-3-7(6)14-8(9)10(12)15/h2-4,13-14H,1H3,(H2,12,15). The van der Waals surface area contributed by atoms with E-state index in [0.29, 0.717) is 15.4 Å². The molecule has 0 atom stereocenters. The Morgan fingerprint density at radius 1 is 1.44 bits per heavy atom. The van der Waals surface area contributed by atoms with Crippen molar-refractivity contribution in [2.45, 2.75) is 4.90 Å². The molecule has 0 fully saturated rings. The van der Waals surface area contributed by atoms with Crippen LogP contribution in [0, 0.1) is 0 Å². The van der Waals surface area contributed by atoms with Crippen LogP contribution in [0.4, 0.5) is 0 Å². The number of nitrogens with two attached hydrogens (primary N) is 1. The van der Waals surface area contributed by atoms with Crippen molar-refractivity contribution in [3.8, 4) is 0 Å². The van der Waals surface area contributed by atoms with E-state index in [0.717, 1.165) is 0 Å². The summed E-state index contributed by atoms with van der Waals surface area (Å²) in [7, 11) is -2.50. The van der Waals surface area contributed by atoms with Gasteiger partial charge in [-0.05, 0) is 25.2 Å². The van der Waals surface area contributed by atoms with Gasteiger partial charge in [-0.25, -0.2) is 13.1 Å². The number of fused-ring (bicyclic) bond motifs is 1. The van der Waals surface area contributed by atoms with E-state index >= 15 is 0 Å². The third-order valence-corrected chi connectivity index (χ3v) is 4.49. The molecule has 8 heteroatoms. The van der Waals surface area contributed by atoms with Gasteiger partial charge in [0.2, 0.25) is 10.0 Å². The Morgan fingerprint density at radius 3 is 2.67 bits per heavy atom. The first-order chi connectivity index (χ1) is 8.36. The van der Waals surface area contributed by atoms with Crippen LogP contribution in [-0.2, 0) is 10.0 Å². The first-order valence-electron chi connectivity index (χ1n) is 4.91. The molecule has 0 aliphatic heterocycles. The third-order valence-electron chi connectivity index (χ3n) is 2.50. The number of benzene rings is 1. The van der Waals surface area contributed by atoms with Gasteiger partial charge < -0.3 is 10.7 Å². The van der Waals surface area contributed by atoms with Crippen LogP contribution in [-0.4, -0.2) is 26.4 Å². The number of sulfonamides is 1. The minimum atomic E-state index is -3.78. The van der Waals surface area contributed by atoms with Gasteiger partial charge in [-0.15, -0.1) is 0 Å². The van der Waals surface area contributed by atoms with Gasteiger partial charge in [-0.1, -0.05) is 15.9 Å². The van der Waals surface area contributed by atoms with Gasteiger partial charge in [-0.2, -0.15) is 0 Å². The quantitative estimate of drug-likeness (QED) is 0.779. The van der Waals surface area contributed by atoms with Crippen LogP contribution < -0.4 is 10.5 Å². The molecule has 0 saturated carbocycles. The molecule has 0 radical (unpaired) electrons. The zero-order chi connectivity index (χ0) is 13.5. The van der Waals surface area contributed by atoms with Crippen LogP contribution in [0.25, 0.3) is 10.9 Å². The summed E-state index contributed by atoms with van der Waals surface area (Å²) in [4.78, 5) is 13.9. The number of carbonyl (C=O) groups is 1. The highest BCUT2D eigenvalue weighted by Gasteiger charge is 2.25. The van der Waals surface area contributed by atoms with E-state index in [1.165, 1.54) is 7.05 Å². The summed E-state index contributed by atoms with van der Waals surface area (Å²) in [5.74, 6) is -0.823. The van der Waals surface area contributed by atoms with Crippen molar-refractivity contribution in [2.75, 3.05) is 7.05 Å². The minimum Gasteiger partial charge on any atom is -0.364 e. The van der Waals surface area contributed by atoms with E-state index in [-0.39, 0.29) is 10.6 Å². The number of primary amides is 1. The van der Waals surface area contributed by atoms with Crippen LogP contribution in [0.5, 0.6) is 0 Å². The maximum Gasteiger partial charge on any atom is 0.266 e. The molecule has 0 unspecified atom stereocenters. The molecule has 1 amide bonds. The summed E-state index contributed by atoms with van der Waals surface area (Å²) in [5, 5.41) is 0.410. The summed E-state index contributed by atoms with van der Waals surface area (Å²) in [6.45, 7) is 0. The van der Waals surface area contributed by atoms with Gasteiger partial charge in [0.15, 0.2) is 0 Å². The molecule has 2 aromatic rings. The third kappa shape index (κ3) is 2.02. The average Bonchev–Trinajstić information content (AvgIpc) is 2.68. The Morgan fingerprint density at radius 2 is 2.11 bits per heavy atom. The largest absolute Gasteiger partial charge is 0.364 e. The highest BCUT2D eigenvalue weighted by Crippen LogP contribution is 2.29. The fourth-order valence-electron chi connectivity index (χ4n) is 1.69. The van der Waals surface area contributed by atoms with Crippen molar-refractivity contribution in [3.63, 3.8) is 0 Å². The summed E-state index contributed by atoms with van der Waals surface area (Å²) in [6, 6.07) is 5.02. The highest BCUT2D eigenvalue weighted by atomic mass is 79.9. The predicted octanol–water partition coefficient (Wildman–Crippen LogP) is 0.937. The maximum atomic E-state index is 12.0. The van der Waals surface area contributed by atoms with Crippen molar-refractivity contribution in [3.05, 3.63) is 28.4 Å². The fraction of sp³-hybridized carbons (Fsp3) is 0.100. The average molecular weight is 332 g/mol. The highest BCUT2D eigenvalue weighted by molar-refractivity contribution is 9.10. The Bertz CT molecular complexity index is 736. The molecule has 4 N–H and O–H groups in total. The SMILES string of the molecule is CNS(=O)(=O)c1c(C(N)=O)[nH]c2ccc(Br)cc12. The van der Waals surface area contributed by atoms with Crippen molar-refractivity contribution >= 4 is 42.8 Å². The van der Waals surface area contributed by atoms with Crippen molar-refractivity contribution in [2.24, 2.45) is 5.73 Å². The molecule has 1 aromatic heterocycles. The zero-order valence-electron chi connectivity index (χ0n) is 9.32. The normalized spacial score (nSPS) is 11.9. The summed E-state index contributed by atoms with van der Waals surface area (Å²) < 4.78 is 26.8. The number of nitrogens with one attached hydrogen (secondary N) is 2. The summed E-state index contributed by atoms with van der Waals surface area (Å²) in [6.07, 6.45) is 0. The number of aromatic amines is 1. The molecule has 1 heterocycles. The van der Waals surface area contributed by atoms with Crippen molar-refractivity contribution in [1.29, 1.82) is 0 Å². The van der Waals surface area contributed by atoms with Crippen LogP contribution in [0.1, 0.15) is 10.5 Å². The Balaban J connectivity index is 2.94. The number of amides is 1. The molecule has 0 saturated heterocycles. The number of halogens is 1. The van der Waals surface area contributed by atoms with Gasteiger partial charge in [0.1, 0.15) is 10.6 Å². The first kappa shape index (κ1) is 13.1. The lowest BCUT2D eigenvalue weighted by atomic mass is 10.2. The molecule has 6 nitrogen and oxygen atoms in total. The number of H-pyrrole nitrogens is 1. The van der Waals surface area contributed by atoms with E-state index in [4.69, 9.17) is 5.73 Å². The fourth-order valence-corrected chi connectivity index (χ4v) is 3.14. The molecule has 0 aliphatic rings. The lowest BCUT2D eigenvalue weighted by molar-refractivity contribution is 0.0993. The van der Waals surface area contributed by atoms with Crippen LogP contribution in [0.15, 0.2) is 27.6 Å². The van der Waals surface area contributed by atoms with E-state index < -0.39 is 15.9 Å². The second-order valence-corrected chi connectivity index (χ2v) is 6.33. The number of hydrogen-bond donors (Lipinski definition) is 3. The molecule has 1 aromatic carbocycles. The monoisotopic (exact) mass is 331 g/mol. The summed E-state index contributed by atoms with van der Waals surface area (Å²) >= 11 is 3.26. The van der Waals surface area contributed by atoms with E-state index in [1.807, 2.05) is 0 Å². The smallest absolute Gasteiger partial charge is 0.266 e. The van der Waals surface area contributed by atoms with Gasteiger partial charge in [0.25, 0.3) is 5.91 Å². The van der Waals surface area contributed by atoms with Gasteiger partial charge >= 0.3 is 0 Å². The lowest BCUT2D eigenvalue weighted by Gasteiger charge is -2.02. The van der Waals surface area contributed by atoms with Crippen LogP contribution in [0.2, 0.25) is 0 Å². The van der Waals surface area contributed by atoms with E-state index in [2.05, 4.69) is 25.6 Å². The molecule has 0 aliphatic carbocycles. The van der Waals surface area contributed by atoms with Gasteiger partial charge in [0.05, 0.1) is 0 Å². The van der Waals surface area contributed by atoms with E-state index in [9.17, 15) is 13.2 Å². The van der Waals surface area contributed by atoms with Gasteiger partial charge in [0, 0.05) is 15.4 Å². The molecular formula is C10H10BrN3O3S. The molecule has 96 valence electrons. The van der Waals surface area contributed by atoms with Crippen LogP contribution in [0.3, 0.4) is 0 Å². The molecule has 2 rings (SSSR count). The van der Waals surface area contributed by atoms with Crippen molar-refractivity contribution < 1.29 is 13.2 Å². The van der Waals surface area contributed by atoms with Crippen LogP contribution >= 0.6 is 15.9 Å². The Kier molecular flexibility index (Phi) is 3.18. The Hall–Kier alpha value is -1.38. The topological polar surface area (TPSA) is 105 Å². The molecular weight excluding hydrogens is 322 g/mol. The van der Waals surface area contributed by atoms with Gasteiger partial charge in [-0.3, -0.25) is 4.79 Å². The number of aromatic nitrogens is 1. The summed E-state index contributed by atoms with van der Waals surface area (Å²) in [5.41, 5.74) is 5.59. The Labute approximate surface area is 112 Å². The number of rotatable bonds is 3. The zero-order valence-corrected chi connectivity index (χ0v) is 11.7. The molecule has 0 bridgehead atoms. The van der Waals surface area contributed by atoms with E-state index in [1.54, 1.807) is 18.2 Å². The maximum absolute atomic E-state index is 12.0. The van der Waals surface area contributed by atoms with Crippen molar-refractivity contribution in [1.82, 2.24) is 9.71 Å². The second kappa shape index (κ2) is 4.38. The second-order valence-electron chi connectivity index (χ2n) is 3.59. The predicted molar refractivity (Wildman–Crippen MR) is 70.8 cm³/mol. The number of hydrogen-bond acceptors (Lipinski definition) is 3. The molecule has 18 heavy (non-hydrogen) atoms. The molecule has 0 spiro atoms.